The van der Waals surface area contributed by atoms with Crippen molar-refractivity contribution in [3.8, 4) is 11.5 Å². The maximum absolute atomic E-state index is 12.2. The Labute approximate surface area is 158 Å². The highest BCUT2D eigenvalue weighted by Gasteiger charge is 2.26. The molecule has 0 unspecified atom stereocenters. The molecule has 27 heavy (non-hydrogen) atoms. The van der Waals surface area contributed by atoms with Gasteiger partial charge in [0, 0.05) is 32.6 Å². The van der Waals surface area contributed by atoms with Crippen molar-refractivity contribution in [1.29, 1.82) is 0 Å². The first-order valence-electron chi connectivity index (χ1n) is 9.21. The van der Waals surface area contributed by atoms with Crippen LogP contribution in [0.15, 0.2) is 17.1 Å². The zero-order valence-corrected chi connectivity index (χ0v) is 16.2. The molecule has 1 aliphatic heterocycles. The van der Waals surface area contributed by atoms with E-state index in [2.05, 4.69) is 15.2 Å². The normalized spacial score (nSPS) is 14.7. The van der Waals surface area contributed by atoms with Crippen LogP contribution in [0.25, 0.3) is 0 Å². The lowest BCUT2D eigenvalue weighted by Gasteiger charge is -2.32. The van der Waals surface area contributed by atoms with E-state index in [1.807, 2.05) is 19.1 Å². The molecule has 0 saturated carbocycles. The van der Waals surface area contributed by atoms with Crippen LogP contribution in [0.4, 0.5) is 13.2 Å². The van der Waals surface area contributed by atoms with Gasteiger partial charge in [0.25, 0.3) is 0 Å². The summed E-state index contributed by atoms with van der Waals surface area (Å²) in [6.07, 6.45) is -3.48. The van der Waals surface area contributed by atoms with Gasteiger partial charge in [-0.1, -0.05) is 0 Å². The monoisotopic (exact) mass is 387 g/mol. The van der Waals surface area contributed by atoms with Crippen LogP contribution in [0.3, 0.4) is 0 Å². The molecule has 0 saturated heterocycles. The van der Waals surface area contributed by atoms with E-state index in [0.717, 1.165) is 30.2 Å². The van der Waals surface area contributed by atoms with Crippen LogP contribution in [0.5, 0.6) is 11.5 Å². The summed E-state index contributed by atoms with van der Waals surface area (Å²) in [5.74, 6) is 2.15. The van der Waals surface area contributed by atoms with Crippen LogP contribution >= 0.6 is 0 Å². The van der Waals surface area contributed by atoms with E-state index in [0.29, 0.717) is 31.8 Å². The first-order valence-corrected chi connectivity index (χ1v) is 9.21. The average Bonchev–Trinajstić information content (AvgIpc) is 2.64. The number of fused-ring (bicyclic) bond motifs is 1. The highest BCUT2D eigenvalue weighted by Crippen LogP contribution is 2.33. The average molecular weight is 387 g/mol. The second-order valence-electron chi connectivity index (χ2n) is 6.46. The van der Waals surface area contributed by atoms with Gasteiger partial charge in [0.05, 0.1) is 14.2 Å². The lowest BCUT2D eigenvalue weighted by atomic mass is 9.99. The van der Waals surface area contributed by atoms with Gasteiger partial charge in [0.1, 0.15) is 0 Å². The van der Waals surface area contributed by atoms with Crippen molar-refractivity contribution in [1.82, 2.24) is 10.2 Å². The van der Waals surface area contributed by atoms with Crippen LogP contribution in [0.2, 0.25) is 0 Å². The molecule has 1 heterocycles. The zero-order chi connectivity index (χ0) is 19.9. The molecule has 5 nitrogen and oxygen atoms in total. The Bertz CT molecular complexity index is 648. The lowest BCUT2D eigenvalue weighted by Crippen LogP contribution is -2.44. The summed E-state index contributed by atoms with van der Waals surface area (Å²) < 4.78 is 47.4. The number of aliphatic imine (C=N–C) groups is 1. The van der Waals surface area contributed by atoms with Crippen molar-refractivity contribution in [3.63, 3.8) is 0 Å². The SMILES string of the molecule is CCNC(=NCCCCC(F)(F)F)N1CCc2cc(OC)c(OC)cc2C1. The van der Waals surface area contributed by atoms with Gasteiger partial charge >= 0.3 is 6.18 Å². The summed E-state index contributed by atoms with van der Waals surface area (Å²) in [5.41, 5.74) is 2.35. The van der Waals surface area contributed by atoms with E-state index < -0.39 is 12.6 Å². The number of alkyl halides is 3. The topological polar surface area (TPSA) is 46.1 Å². The fourth-order valence-corrected chi connectivity index (χ4v) is 3.11. The number of nitrogens with zero attached hydrogens (tertiary/aromatic N) is 2. The molecule has 0 radical (unpaired) electrons. The third-order valence-electron chi connectivity index (χ3n) is 4.48. The summed E-state index contributed by atoms with van der Waals surface area (Å²) in [5, 5.41) is 3.24. The van der Waals surface area contributed by atoms with Crippen molar-refractivity contribution in [2.24, 2.45) is 4.99 Å². The second kappa shape index (κ2) is 9.71. The number of benzene rings is 1. The van der Waals surface area contributed by atoms with Crippen molar-refractivity contribution in [2.45, 2.75) is 45.3 Å². The molecular formula is C19H28F3N3O2. The molecular weight excluding hydrogens is 359 g/mol. The summed E-state index contributed by atoms with van der Waals surface area (Å²) in [7, 11) is 3.23. The van der Waals surface area contributed by atoms with Gasteiger partial charge in [0.15, 0.2) is 17.5 Å². The molecule has 0 aromatic heterocycles. The first-order chi connectivity index (χ1) is 12.9. The van der Waals surface area contributed by atoms with Crippen LogP contribution in [0.1, 0.15) is 37.3 Å². The summed E-state index contributed by atoms with van der Waals surface area (Å²) in [4.78, 5) is 6.64. The Hall–Kier alpha value is -2.12. The number of guanidine groups is 1. The first kappa shape index (κ1) is 21.2. The van der Waals surface area contributed by atoms with E-state index in [1.54, 1.807) is 14.2 Å². The van der Waals surface area contributed by atoms with Gasteiger partial charge in [-0.3, -0.25) is 4.99 Å². The molecule has 0 fully saturated rings. The number of rotatable bonds is 7. The van der Waals surface area contributed by atoms with Gasteiger partial charge in [-0.15, -0.1) is 0 Å². The van der Waals surface area contributed by atoms with Crippen molar-refractivity contribution < 1.29 is 22.6 Å². The molecule has 1 aliphatic rings. The largest absolute Gasteiger partial charge is 0.493 e. The number of hydrogen-bond acceptors (Lipinski definition) is 3. The Kier molecular flexibility index (Phi) is 7.62. The fourth-order valence-electron chi connectivity index (χ4n) is 3.11. The molecule has 1 aromatic carbocycles. The summed E-state index contributed by atoms with van der Waals surface area (Å²) >= 11 is 0. The van der Waals surface area contributed by atoms with Gasteiger partial charge in [-0.2, -0.15) is 13.2 Å². The maximum atomic E-state index is 12.2. The molecule has 0 aliphatic carbocycles. The van der Waals surface area contributed by atoms with Crippen LogP contribution in [0, 0.1) is 0 Å². The number of halogens is 3. The number of ether oxygens (including phenoxy) is 2. The molecule has 0 bridgehead atoms. The van der Waals surface area contributed by atoms with Crippen LogP contribution in [-0.2, 0) is 13.0 Å². The fraction of sp³-hybridized carbons (Fsp3) is 0.632. The van der Waals surface area contributed by atoms with Crippen LogP contribution in [-0.4, -0.2) is 50.9 Å². The Morgan fingerprint density at radius 3 is 2.41 bits per heavy atom. The molecule has 0 spiro atoms. The standard InChI is InChI=1S/C19H28F3N3O2/c1-4-23-18(24-9-6-5-8-19(20,21)22)25-10-7-14-11-16(26-2)17(27-3)12-15(14)13-25/h11-12H,4-10,13H2,1-3H3,(H,23,24). The summed E-state index contributed by atoms with van der Waals surface area (Å²) in [6.45, 7) is 4.52. The molecule has 1 aromatic rings. The van der Waals surface area contributed by atoms with Gasteiger partial charge in [-0.05, 0) is 49.4 Å². The summed E-state index contributed by atoms with van der Waals surface area (Å²) in [6, 6.07) is 3.99. The third kappa shape index (κ3) is 6.22. The Balaban J connectivity index is 2.03. The molecule has 0 atom stereocenters. The van der Waals surface area contributed by atoms with Crippen molar-refractivity contribution >= 4 is 5.96 Å². The predicted molar refractivity (Wildman–Crippen MR) is 99.5 cm³/mol. The quantitative estimate of drug-likeness (QED) is 0.440. The van der Waals surface area contributed by atoms with E-state index >= 15 is 0 Å². The minimum atomic E-state index is -4.09. The molecule has 1 N–H and O–H groups in total. The lowest BCUT2D eigenvalue weighted by molar-refractivity contribution is -0.135. The van der Waals surface area contributed by atoms with E-state index in [9.17, 15) is 13.2 Å². The highest BCUT2D eigenvalue weighted by atomic mass is 19.4. The van der Waals surface area contributed by atoms with E-state index in [1.165, 1.54) is 5.56 Å². The number of unbranched alkanes of at least 4 members (excludes halogenated alkanes) is 1. The number of nitrogens with one attached hydrogen (secondary N) is 1. The maximum Gasteiger partial charge on any atom is 0.389 e. The highest BCUT2D eigenvalue weighted by molar-refractivity contribution is 5.80. The minimum absolute atomic E-state index is 0.103. The third-order valence-corrected chi connectivity index (χ3v) is 4.48. The van der Waals surface area contributed by atoms with Gasteiger partial charge in [0.2, 0.25) is 0 Å². The molecule has 0 amide bonds. The Morgan fingerprint density at radius 2 is 1.81 bits per heavy atom. The minimum Gasteiger partial charge on any atom is -0.493 e. The smallest absolute Gasteiger partial charge is 0.389 e. The van der Waals surface area contributed by atoms with E-state index in [4.69, 9.17) is 9.47 Å². The van der Waals surface area contributed by atoms with E-state index in [-0.39, 0.29) is 6.42 Å². The second-order valence-corrected chi connectivity index (χ2v) is 6.46. The van der Waals surface area contributed by atoms with Crippen molar-refractivity contribution in [2.75, 3.05) is 33.9 Å². The van der Waals surface area contributed by atoms with Gasteiger partial charge < -0.3 is 19.7 Å². The molecule has 152 valence electrons. The number of methoxy groups -OCH3 is 2. The predicted octanol–water partition coefficient (Wildman–Crippen LogP) is 3.76. The zero-order valence-electron chi connectivity index (χ0n) is 16.2. The Morgan fingerprint density at radius 1 is 1.15 bits per heavy atom. The molecule has 2 rings (SSSR count). The van der Waals surface area contributed by atoms with Crippen LogP contribution < -0.4 is 14.8 Å². The number of hydrogen-bond donors (Lipinski definition) is 1. The van der Waals surface area contributed by atoms with Crippen molar-refractivity contribution in [3.05, 3.63) is 23.3 Å². The molecule has 8 heteroatoms. The van der Waals surface area contributed by atoms with Gasteiger partial charge in [-0.25, -0.2) is 0 Å².